The molecule has 222 valence electrons. The van der Waals surface area contributed by atoms with E-state index < -0.39 is 0 Å². The third-order valence-electron chi connectivity index (χ3n) is 8.24. The maximum Gasteiger partial charge on any atom is 0.123 e. The number of thiol groups is 4. The summed E-state index contributed by atoms with van der Waals surface area (Å²) in [5.41, 5.74) is 14.3. The molecule has 0 bridgehead atoms. The molecule has 0 atom stereocenters. The highest BCUT2D eigenvalue weighted by Gasteiger charge is 2.18. The van der Waals surface area contributed by atoms with Crippen molar-refractivity contribution in [3.63, 3.8) is 0 Å². The zero-order chi connectivity index (χ0) is 30.7. The maximum absolute atomic E-state index is 11.1. The molecule has 0 saturated heterocycles. The Morgan fingerprint density at radius 2 is 0.857 bits per heavy atom. The standard InChI is InChI=1S/C35H40O3S4/c1-19-5-25(8-23-9-28(15-39)34(37)29(10-23)16-40)21(3)26(6-19)14-27-7-20(2)33(36)32(22(27)4)13-24-11-30(17-41)35(38)31(12-24)18-42/h5-7,9-12,36-42H,8,13-18H2,1-4H3. The lowest BCUT2D eigenvalue weighted by atomic mass is 9.87. The van der Waals surface area contributed by atoms with E-state index in [1.807, 2.05) is 31.2 Å². The highest BCUT2D eigenvalue weighted by Crippen LogP contribution is 2.35. The second kappa shape index (κ2) is 14.0. The van der Waals surface area contributed by atoms with Gasteiger partial charge in [-0.2, -0.15) is 50.5 Å². The van der Waals surface area contributed by atoms with Crippen LogP contribution in [0.3, 0.4) is 0 Å². The second-order valence-electron chi connectivity index (χ2n) is 11.2. The molecule has 4 aromatic rings. The van der Waals surface area contributed by atoms with Crippen LogP contribution in [0.4, 0.5) is 0 Å². The number of phenols is 3. The van der Waals surface area contributed by atoms with Gasteiger partial charge in [0.1, 0.15) is 17.2 Å². The molecule has 0 aliphatic heterocycles. The van der Waals surface area contributed by atoms with E-state index in [1.54, 1.807) is 0 Å². The van der Waals surface area contributed by atoms with E-state index in [2.05, 4.69) is 89.5 Å². The summed E-state index contributed by atoms with van der Waals surface area (Å²) in [6.45, 7) is 8.35. The van der Waals surface area contributed by atoms with Gasteiger partial charge < -0.3 is 15.3 Å². The number of phenolic OH excluding ortho intramolecular Hbond substituents is 3. The predicted octanol–water partition coefficient (Wildman–Crippen LogP) is 8.53. The van der Waals surface area contributed by atoms with Crippen molar-refractivity contribution < 1.29 is 15.3 Å². The van der Waals surface area contributed by atoms with Crippen molar-refractivity contribution in [1.29, 1.82) is 0 Å². The first-order valence-corrected chi connectivity index (χ1v) is 16.5. The molecule has 0 saturated carbocycles. The van der Waals surface area contributed by atoms with Gasteiger partial charge in [0.05, 0.1) is 0 Å². The van der Waals surface area contributed by atoms with Gasteiger partial charge in [0.25, 0.3) is 0 Å². The van der Waals surface area contributed by atoms with Crippen LogP contribution in [0.1, 0.15) is 77.9 Å². The maximum atomic E-state index is 11.1. The summed E-state index contributed by atoms with van der Waals surface area (Å²) in [5, 5.41) is 32.1. The van der Waals surface area contributed by atoms with Gasteiger partial charge in [-0.1, -0.05) is 48.0 Å². The molecule has 3 nitrogen and oxygen atoms in total. The number of hydrogen-bond donors (Lipinski definition) is 7. The minimum atomic E-state index is 0.247. The van der Waals surface area contributed by atoms with Gasteiger partial charge in [-0.25, -0.2) is 0 Å². The normalized spacial score (nSPS) is 11.3. The van der Waals surface area contributed by atoms with E-state index in [-0.39, 0.29) is 11.5 Å². The Bertz CT molecular complexity index is 1580. The molecule has 0 heterocycles. The van der Waals surface area contributed by atoms with Gasteiger partial charge in [0, 0.05) is 57.2 Å². The Kier molecular flexibility index (Phi) is 10.8. The molecule has 0 aliphatic rings. The SMILES string of the molecule is Cc1cc(Cc2cc(CS)c(O)c(CS)c2)c(C)c(Cc2cc(C)c(O)c(Cc3cc(CS)c(O)c(CS)c3)c2C)c1. The highest BCUT2D eigenvalue weighted by molar-refractivity contribution is 7.79. The van der Waals surface area contributed by atoms with Crippen LogP contribution in [0.25, 0.3) is 0 Å². The molecule has 42 heavy (non-hydrogen) atoms. The Labute approximate surface area is 272 Å². The van der Waals surface area contributed by atoms with Crippen LogP contribution >= 0.6 is 50.5 Å². The smallest absolute Gasteiger partial charge is 0.123 e. The van der Waals surface area contributed by atoms with E-state index in [0.717, 1.165) is 62.9 Å². The summed E-state index contributed by atoms with van der Waals surface area (Å²) in [4.78, 5) is 0. The zero-order valence-electron chi connectivity index (χ0n) is 24.6. The molecule has 0 aliphatic carbocycles. The number of benzene rings is 4. The summed E-state index contributed by atoms with van der Waals surface area (Å²) in [7, 11) is 0. The molecule has 0 aromatic heterocycles. The van der Waals surface area contributed by atoms with Crippen molar-refractivity contribution in [2.75, 3.05) is 0 Å². The first-order chi connectivity index (χ1) is 20.0. The van der Waals surface area contributed by atoms with Gasteiger partial charge in [-0.15, -0.1) is 0 Å². The topological polar surface area (TPSA) is 60.7 Å². The van der Waals surface area contributed by atoms with Gasteiger partial charge in [-0.05, 0) is 85.0 Å². The van der Waals surface area contributed by atoms with Crippen LogP contribution < -0.4 is 0 Å². The summed E-state index contributed by atoms with van der Waals surface area (Å²) in [6.07, 6.45) is 2.05. The minimum absolute atomic E-state index is 0.247. The predicted molar refractivity (Wildman–Crippen MR) is 189 cm³/mol. The van der Waals surface area contributed by atoms with Crippen LogP contribution in [0.15, 0.2) is 42.5 Å². The van der Waals surface area contributed by atoms with Crippen molar-refractivity contribution in [2.45, 2.75) is 70.0 Å². The third kappa shape index (κ3) is 6.91. The quantitative estimate of drug-likeness (QED) is 0.0894. The lowest BCUT2D eigenvalue weighted by molar-refractivity contribution is 0.463. The van der Waals surface area contributed by atoms with E-state index in [0.29, 0.717) is 35.2 Å². The van der Waals surface area contributed by atoms with Crippen LogP contribution in [-0.2, 0) is 42.3 Å². The van der Waals surface area contributed by atoms with Crippen molar-refractivity contribution in [2.24, 2.45) is 0 Å². The molecular formula is C35H40O3S4. The largest absolute Gasteiger partial charge is 0.507 e. The molecule has 4 aromatic carbocycles. The highest BCUT2D eigenvalue weighted by atomic mass is 32.1. The number of aryl methyl sites for hydroxylation is 2. The van der Waals surface area contributed by atoms with E-state index in [1.165, 1.54) is 27.8 Å². The molecule has 0 amide bonds. The Morgan fingerprint density at radius 3 is 1.31 bits per heavy atom. The van der Waals surface area contributed by atoms with Crippen molar-refractivity contribution in [1.82, 2.24) is 0 Å². The first-order valence-electron chi connectivity index (χ1n) is 14.0. The summed E-state index contributed by atoms with van der Waals surface area (Å²) in [5.74, 6) is 2.64. The lowest BCUT2D eigenvalue weighted by Gasteiger charge is -2.19. The number of rotatable bonds is 10. The Hall–Kier alpha value is -2.32. The van der Waals surface area contributed by atoms with Gasteiger partial charge in [0.15, 0.2) is 0 Å². The summed E-state index contributed by atoms with van der Waals surface area (Å²) in [6, 6.07) is 14.6. The van der Waals surface area contributed by atoms with Crippen molar-refractivity contribution in [3.8, 4) is 17.2 Å². The van der Waals surface area contributed by atoms with Crippen LogP contribution in [0.5, 0.6) is 17.2 Å². The molecule has 0 radical (unpaired) electrons. The molecule has 0 fully saturated rings. The molecule has 4 rings (SSSR count). The average molecular weight is 637 g/mol. The number of aromatic hydroxyl groups is 3. The van der Waals surface area contributed by atoms with Crippen molar-refractivity contribution >= 4 is 50.5 Å². The van der Waals surface area contributed by atoms with E-state index in [4.69, 9.17) is 0 Å². The summed E-state index contributed by atoms with van der Waals surface area (Å²) < 4.78 is 0. The van der Waals surface area contributed by atoms with Crippen LogP contribution in [0, 0.1) is 27.7 Å². The fourth-order valence-corrected chi connectivity index (χ4v) is 6.77. The van der Waals surface area contributed by atoms with E-state index in [9.17, 15) is 15.3 Å². The monoisotopic (exact) mass is 636 g/mol. The van der Waals surface area contributed by atoms with Gasteiger partial charge in [-0.3, -0.25) is 0 Å². The Balaban J connectivity index is 1.71. The van der Waals surface area contributed by atoms with Crippen molar-refractivity contribution in [3.05, 3.63) is 120 Å². The number of hydrogen-bond acceptors (Lipinski definition) is 7. The molecule has 3 N–H and O–H groups in total. The average Bonchev–Trinajstić information content (AvgIpc) is 2.97. The van der Waals surface area contributed by atoms with E-state index >= 15 is 0 Å². The fourth-order valence-electron chi connectivity index (χ4n) is 5.81. The minimum Gasteiger partial charge on any atom is -0.507 e. The first kappa shape index (κ1) is 32.6. The molecule has 0 spiro atoms. The van der Waals surface area contributed by atoms with Crippen LogP contribution in [0.2, 0.25) is 0 Å². The molecular weight excluding hydrogens is 597 g/mol. The van der Waals surface area contributed by atoms with Gasteiger partial charge >= 0.3 is 0 Å². The molecule has 7 heteroatoms. The lowest BCUT2D eigenvalue weighted by Crippen LogP contribution is -2.05. The summed E-state index contributed by atoms with van der Waals surface area (Å²) >= 11 is 17.6. The van der Waals surface area contributed by atoms with Gasteiger partial charge in [0.2, 0.25) is 0 Å². The third-order valence-corrected chi connectivity index (χ3v) is 9.61. The zero-order valence-corrected chi connectivity index (χ0v) is 28.2. The second-order valence-corrected chi connectivity index (χ2v) is 12.5. The van der Waals surface area contributed by atoms with Crippen LogP contribution in [-0.4, -0.2) is 15.3 Å². The Morgan fingerprint density at radius 1 is 0.452 bits per heavy atom. The molecule has 0 unspecified atom stereocenters. The fraction of sp³-hybridized carbons (Fsp3) is 0.314.